The highest BCUT2D eigenvalue weighted by atomic mass is 31.1. The second kappa shape index (κ2) is 5.62. The van der Waals surface area contributed by atoms with Crippen LogP contribution in [0.3, 0.4) is 0 Å². The molecule has 1 unspecified atom stereocenters. The fourth-order valence-electron chi connectivity index (χ4n) is 0.303. The van der Waals surface area contributed by atoms with Gasteiger partial charge < -0.3 is 9.84 Å². The Labute approximate surface area is 65.4 Å². The third-order valence-corrected chi connectivity index (χ3v) is 1.19. The van der Waals surface area contributed by atoms with Gasteiger partial charge in [0.2, 0.25) is 0 Å². The lowest BCUT2D eigenvalue weighted by Crippen LogP contribution is -1.99. The van der Waals surface area contributed by atoms with Crippen LogP contribution >= 0.6 is 8.46 Å². The van der Waals surface area contributed by atoms with Gasteiger partial charge in [-0.05, 0) is 0 Å². The molecule has 5 heteroatoms. The van der Waals surface area contributed by atoms with Crippen LogP contribution in [0, 0.1) is 0 Å². The van der Waals surface area contributed by atoms with Crippen LogP contribution in [0.15, 0.2) is 24.2 Å². The molecule has 0 bridgehead atoms. The second-order valence-electron chi connectivity index (χ2n) is 1.53. The number of aliphatic hydroxyl groups excluding tert-OH is 1. The van der Waals surface area contributed by atoms with Crippen LogP contribution in [0.4, 0.5) is 0 Å². The summed E-state index contributed by atoms with van der Waals surface area (Å²) in [6.45, 7) is 3.07. The average Bonchev–Trinajstić information content (AvgIpc) is 2.04. The molecular weight excluding hydrogens is 167 g/mol. The Hall–Kier alpha value is -1.15. The minimum Gasteiger partial charge on any atom is -0.474 e. The molecule has 1 N–H and O–H groups in total. The van der Waals surface area contributed by atoms with E-state index >= 15 is 0 Å². The number of hydrogen-bond acceptors (Lipinski definition) is 4. The molecule has 1 atom stereocenters. The Balaban J connectivity index is 3.64. The van der Waals surface area contributed by atoms with Crippen LogP contribution in [-0.2, 0) is 14.1 Å². The molecule has 0 aliphatic rings. The van der Waals surface area contributed by atoms with Gasteiger partial charge in [0.05, 0.1) is 0 Å². The van der Waals surface area contributed by atoms with Crippen LogP contribution in [0.1, 0.15) is 0 Å². The number of aliphatic hydroxyl groups is 1. The molecule has 0 aromatic rings. The topological polar surface area (TPSA) is 63.6 Å². The zero-order valence-corrected chi connectivity index (χ0v) is 6.74. The maximum absolute atomic E-state index is 10.4. The van der Waals surface area contributed by atoms with Crippen molar-refractivity contribution in [3.63, 3.8) is 0 Å². The highest BCUT2D eigenvalue weighted by Gasteiger charge is 1.99. The molecule has 4 nitrogen and oxygen atoms in total. The predicted molar refractivity (Wildman–Crippen MR) is 40.9 cm³/mol. The molecule has 0 saturated carbocycles. The Bertz CT molecular complexity index is 197. The summed E-state index contributed by atoms with van der Waals surface area (Å²) in [5.74, 6) is -0.580. The third-order valence-electron chi connectivity index (χ3n) is 0.774. The first kappa shape index (κ1) is 9.85. The van der Waals surface area contributed by atoms with Crippen molar-refractivity contribution in [1.29, 1.82) is 0 Å². The molecule has 0 saturated heterocycles. The van der Waals surface area contributed by atoms with Crippen molar-refractivity contribution in [1.82, 2.24) is 0 Å². The third kappa shape index (κ3) is 5.30. The second-order valence-corrected chi connectivity index (χ2v) is 2.24. The van der Waals surface area contributed by atoms with Crippen molar-refractivity contribution in [2.45, 2.75) is 0 Å². The number of ether oxygens (including phenoxy) is 1. The normalized spacial score (nSPS) is 11.1. The zero-order chi connectivity index (χ0) is 8.69. The van der Waals surface area contributed by atoms with E-state index < -0.39 is 14.4 Å². The molecule has 60 valence electrons. The quantitative estimate of drug-likeness (QED) is 0.301. The predicted octanol–water partition coefficient (Wildman–Crippen LogP) is 1.14. The van der Waals surface area contributed by atoms with Crippen molar-refractivity contribution in [3.8, 4) is 0 Å². The van der Waals surface area contributed by atoms with Gasteiger partial charge in [-0.1, -0.05) is 11.1 Å². The van der Waals surface area contributed by atoms with Crippen LogP contribution in [0.2, 0.25) is 0 Å². The maximum Gasteiger partial charge on any atom is 0.401 e. The molecule has 0 rings (SSSR count). The van der Waals surface area contributed by atoms with Gasteiger partial charge in [-0.2, -0.15) is 0 Å². The van der Waals surface area contributed by atoms with Crippen LogP contribution in [0.25, 0.3) is 0 Å². The van der Waals surface area contributed by atoms with Crippen LogP contribution in [-0.4, -0.2) is 17.7 Å². The summed E-state index contributed by atoms with van der Waals surface area (Å²) in [6, 6.07) is 0. The molecule has 0 fully saturated rings. The first-order chi connectivity index (χ1) is 5.20. The first-order valence-corrected chi connectivity index (χ1v) is 3.68. The summed E-state index contributed by atoms with van der Waals surface area (Å²) in [4.78, 5) is 10.4. The lowest BCUT2D eigenvalue weighted by Gasteiger charge is -1.92. The molecule has 0 aromatic heterocycles. The Morgan fingerprint density at radius 2 is 2.36 bits per heavy atom. The van der Waals surface area contributed by atoms with E-state index in [4.69, 9.17) is 5.11 Å². The van der Waals surface area contributed by atoms with Gasteiger partial charge in [0.1, 0.15) is 6.61 Å². The van der Waals surface area contributed by atoms with Crippen LogP contribution < -0.4 is 0 Å². The lowest BCUT2D eigenvalue weighted by atomic mass is 10.6. The van der Waals surface area contributed by atoms with E-state index in [2.05, 4.69) is 11.3 Å². The maximum atomic E-state index is 10.4. The highest BCUT2D eigenvalue weighted by molar-refractivity contribution is 7.28. The van der Waals surface area contributed by atoms with E-state index in [-0.39, 0.29) is 12.1 Å². The molecule has 0 aliphatic carbocycles. The van der Waals surface area contributed by atoms with Crippen molar-refractivity contribution in [2.75, 3.05) is 6.61 Å². The Morgan fingerprint density at radius 3 is 2.82 bits per heavy atom. The molecule has 0 aliphatic heterocycles. The van der Waals surface area contributed by atoms with E-state index in [0.29, 0.717) is 0 Å². The smallest absolute Gasteiger partial charge is 0.401 e. The first-order valence-electron chi connectivity index (χ1n) is 2.77. The van der Waals surface area contributed by atoms with E-state index in [0.717, 1.165) is 12.2 Å². The summed E-state index contributed by atoms with van der Waals surface area (Å²) in [5, 5.41) is 8.59. The van der Waals surface area contributed by atoms with Crippen molar-refractivity contribution in [3.05, 3.63) is 24.2 Å². The monoisotopic (exact) mass is 175 g/mol. The Kier molecular flexibility index (Phi) is 5.03. The van der Waals surface area contributed by atoms with E-state index in [1.807, 2.05) is 0 Å². The Morgan fingerprint density at radius 1 is 1.73 bits per heavy atom. The van der Waals surface area contributed by atoms with Gasteiger partial charge in [0.25, 0.3) is 0 Å². The molecule has 0 spiro atoms. The van der Waals surface area contributed by atoms with Gasteiger partial charge in [-0.3, -0.25) is 0 Å². The largest absolute Gasteiger partial charge is 0.474 e. The zero-order valence-electron chi connectivity index (χ0n) is 5.74. The molecular formula is C6H8O4P+. The van der Waals surface area contributed by atoms with Crippen LogP contribution in [0.5, 0.6) is 0 Å². The van der Waals surface area contributed by atoms with E-state index in [9.17, 15) is 9.36 Å². The number of hydrogen-bond donors (Lipinski definition) is 1. The standard InChI is InChI=1S/C6H7O4P/c1-2-5(7)10-4-3-6(8)11-9/h2-3,8H,1,4H2/p+1. The fourth-order valence-corrected chi connectivity index (χ4v) is 0.470. The number of esters is 1. The number of carbonyl (C=O) groups excluding carboxylic acids is 1. The van der Waals surface area contributed by atoms with Gasteiger partial charge in [0, 0.05) is 12.2 Å². The summed E-state index contributed by atoms with van der Waals surface area (Å²) in [7, 11) is -0.915. The van der Waals surface area contributed by atoms with Crippen molar-refractivity contribution in [2.24, 2.45) is 0 Å². The fraction of sp³-hybridized carbons (Fsp3) is 0.167. The molecule has 0 radical (unpaired) electrons. The van der Waals surface area contributed by atoms with Gasteiger partial charge in [0.15, 0.2) is 0 Å². The average molecular weight is 175 g/mol. The summed E-state index contributed by atoms with van der Waals surface area (Å²) < 4.78 is 14.4. The van der Waals surface area contributed by atoms with Crippen molar-refractivity contribution < 1.29 is 19.2 Å². The summed E-state index contributed by atoms with van der Waals surface area (Å²) in [5.41, 5.74) is -0.304. The molecule has 0 heterocycles. The minimum atomic E-state index is -0.915. The lowest BCUT2D eigenvalue weighted by molar-refractivity contribution is -0.136. The number of rotatable bonds is 4. The summed E-state index contributed by atoms with van der Waals surface area (Å²) in [6.07, 6.45) is 2.15. The minimum absolute atomic E-state index is 0.0913. The highest BCUT2D eigenvalue weighted by Crippen LogP contribution is 2.05. The molecule has 0 amide bonds. The summed E-state index contributed by atoms with van der Waals surface area (Å²) >= 11 is 0. The molecule has 11 heavy (non-hydrogen) atoms. The van der Waals surface area contributed by atoms with Gasteiger partial charge in [-0.15, -0.1) is 0 Å². The SMILES string of the molecule is C=CC(=O)OCC=C(O)[PH+]=O. The van der Waals surface area contributed by atoms with Gasteiger partial charge >= 0.3 is 19.9 Å². The number of carbonyl (C=O) groups is 1. The van der Waals surface area contributed by atoms with E-state index in [1.165, 1.54) is 0 Å². The van der Waals surface area contributed by atoms with E-state index in [1.54, 1.807) is 0 Å². The molecule has 0 aromatic carbocycles. The van der Waals surface area contributed by atoms with Crippen molar-refractivity contribution >= 4 is 14.4 Å². The van der Waals surface area contributed by atoms with Gasteiger partial charge in [-0.25, -0.2) is 4.79 Å².